The smallest absolute Gasteiger partial charge is 0.293 e. The molecule has 3 aromatic rings. The number of halogens is 1. The minimum Gasteiger partial charge on any atom is -0.490 e. The second-order valence-electron chi connectivity index (χ2n) is 5.55. The lowest BCUT2D eigenvalue weighted by Gasteiger charge is -2.11. The highest BCUT2D eigenvalue weighted by Gasteiger charge is 2.12. The lowest BCUT2D eigenvalue weighted by molar-refractivity contribution is 0.0949. The first kappa shape index (κ1) is 19.9. The zero-order valence-electron chi connectivity index (χ0n) is 14.7. The molecule has 0 radical (unpaired) electrons. The van der Waals surface area contributed by atoms with Gasteiger partial charge in [0.05, 0.1) is 0 Å². The molecule has 6 nitrogen and oxygen atoms in total. The van der Waals surface area contributed by atoms with Crippen molar-refractivity contribution in [2.24, 2.45) is 0 Å². The van der Waals surface area contributed by atoms with Crippen LogP contribution in [0.4, 0.5) is 5.69 Å². The van der Waals surface area contributed by atoms with E-state index in [4.69, 9.17) is 26.1 Å². The van der Waals surface area contributed by atoms with E-state index in [1.807, 2.05) is 30.3 Å². The predicted molar refractivity (Wildman–Crippen MR) is 114 cm³/mol. The summed E-state index contributed by atoms with van der Waals surface area (Å²) in [6.07, 6.45) is 0. The van der Waals surface area contributed by atoms with Crippen molar-refractivity contribution in [3.63, 3.8) is 0 Å². The first-order valence-electron chi connectivity index (χ1n) is 8.38. The number of hydrogen-bond acceptors (Lipinski definition) is 5. The molecule has 3 rings (SSSR count). The Morgan fingerprint density at radius 1 is 0.929 bits per heavy atom. The van der Waals surface area contributed by atoms with Gasteiger partial charge in [-0.3, -0.25) is 10.1 Å². The summed E-state index contributed by atoms with van der Waals surface area (Å²) in [4.78, 5) is 12.0. The second kappa shape index (κ2) is 9.91. The minimum absolute atomic E-state index is 0.164. The van der Waals surface area contributed by atoms with E-state index >= 15 is 0 Å². The number of anilines is 1. The van der Waals surface area contributed by atoms with E-state index in [2.05, 4.69) is 26.6 Å². The van der Waals surface area contributed by atoms with E-state index in [0.29, 0.717) is 23.6 Å². The van der Waals surface area contributed by atoms with Gasteiger partial charge in [-0.1, -0.05) is 18.2 Å². The first-order chi connectivity index (χ1) is 13.6. The molecule has 0 spiro atoms. The van der Waals surface area contributed by atoms with Crippen LogP contribution in [0.2, 0.25) is 0 Å². The molecule has 0 aliphatic carbocycles. The molecule has 0 bridgehead atoms. The SMILES string of the molecule is O=C(NC(=S)Nc1ccc(OCCOc2ccccc2)cc1)c1ccc(Br)o1. The fourth-order valence-electron chi connectivity index (χ4n) is 2.23. The van der Waals surface area contributed by atoms with Crippen molar-refractivity contribution in [3.05, 3.63) is 77.2 Å². The van der Waals surface area contributed by atoms with Crippen LogP contribution in [-0.2, 0) is 0 Å². The van der Waals surface area contributed by atoms with E-state index in [1.165, 1.54) is 0 Å². The Labute approximate surface area is 176 Å². The topological polar surface area (TPSA) is 72.7 Å². The summed E-state index contributed by atoms with van der Waals surface area (Å²) in [7, 11) is 0. The Hall–Kier alpha value is -2.84. The predicted octanol–water partition coefficient (Wildman–Crippen LogP) is 4.63. The summed E-state index contributed by atoms with van der Waals surface area (Å²) in [5.41, 5.74) is 0.721. The van der Waals surface area contributed by atoms with E-state index in [9.17, 15) is 4.79 Å². The van der Waals surface area contributed by atoms with Gasteiger partial charge in [0.25, 0.3) is 5.91 Å². The van der Waals surface area contributed by atoms with E-state index in [1.54, 1.807) is 36.4 Å². The number of hydrogen-bond donors (Lipinski definition) is 2. The fourth-order valence-corrected chi connectivity index (χ4v) is 2.75. The normalized spacial score (nSPS) is 10.2. The number of rotatable bonds is 7. The van der Waals surface area contributed by atoms with Crippen molar-refractivity contribution < 1.29 is 18.7 Å². The Morgan fingerprint density at radius 2 is 1.57 bits per heavy atom. The molecule has 1 aromatic heterocycles. The van der Waals surface area contributed by atoms with Gasteiger partial charge in [-0.25, -0.2) is 0 Å². The summed E-state index contributed by atoms with van der Waals surface area (Å²) in [5.74, 6) is 1.25. The van der Waals surface area contributed by atoms with E-state index in [-0.39, 0.29) is 10.9 Å². The van der Waals surface area contributed by atoms with Crippen molar-refractivity contribution in [2.45, 2.75) is 0 Å². The van der Waals surface area contributed by atoms with Gasteiger partial charge >= 0.3 is 0 Å². The average molecular weight is 461 g/mol. The summed E-state index contributed by atoms with van der Waals surface area (Å²) < 4.78 is 16.9. The number of thiocarbonyl (C=S) groups is 1. The van der Waals surface area contributed by atoms with Crippen LogP contribution in [0.5, 0.6) is 11.5 Å². The van der Waals surface area contributed by atoms with Gasteiger partial charge in [0.1, 0.15) is 24.7 Å². The number of amides is 1. The summed E-state index contributed by atoms with van der Waals surface area (Å²) in [6.45, 7) is 0.873. The van der Waals surface area contributed by atoms with Gasteiger partial charge in [0.15, 0.2) is 15.5 Å². The third kappa shape index (κ3) is 6.11. The van der Waals surface area contributed by atoms with Crippen LogP contribution in [0.15, 0.2) is 75.8 Å². The molecular formula is C20H17BrN2O4S. The molecule has 0 saturated heterocycles. The maximum Gasteiger partial charge on any atom is 0.293 e. The van der Waals surface area contributed by atoms with Crippen LogP contribution < -0.4 is 20.1 Å². The Kier molecular flexibility index (Phi) is 7.05. The molecule has 8 heteroatoms. The van der Waals surface area contributed by atoms with Crippen LogP contribution in [0.3, 0.4) is 0 Å². The van der Waals surface area contributed by atoms with Gasteiger partial charge in [-0.15, -0.1) is 0 Å². The average Bonchev–Trinajstić information content (AvgIpc) is 3.14. The Bertz CT molecular complexity index is 929. The third-order valence-corrected chi connectivity index (χ3v) is 4.13. The molecule has 0 saturated carbocycles. The number of ether oxygens (including phenoxy) is 2. The van der Waals surface area contributed by atoms with Crippen molar-refractivity contribution >= 4 is 44.9 Å². The molecule has 0 fully saturated rings. The molecule has 1 amide bonds. The van der Waals surface area contributed by atoms with Crippen LogP contribution in [0, 0.1) is 0 Å². The van der Waals surface area contributed by atoms with Gasteiger partial charge in [0, 0.05) is 5.69 Å². The Morgan fingerprint density at radius 3 is 2.18 bits per heavy atom. The number of nitrogens with one attached hydrogen (secondary N) is 2. The summed E-state index contributed by atoms with van der Waals surface area (Å²) >= 11 is 8.29. The maximum absolute atomic E-state index is 12.0. The van der Waals surface area contributed by atoms with Crippen molar-refractivity contribution in [2.75, 3.05) is 18.5 Å². The number of benzene rings is 2. The van der Waals surface area contributed by atoms with Crippen molar-refractivity contribution in [3.8, 4) is 11.5 Å². The van der Waals surface area contributed by atoms with E-state index in [0.717, 1.165) is 11.4 Å². The molecule has 28 heavy (non-hydrogen) atoms. The zero-order chi connectivity index (χ0) is 19.8. The molecule has 0 atom stereocenters. The van der Waals surface area contributed by atoms with Crippen LogP contribution >= 0.6 is 28.1 Å². The first-order valence-corrected chi connectivity index (χ1v) is 9.59. The maximum atomic E-state index is 12.0. The molecule has 144 valence electrons. The molecule has 2 N–H and O–H groups in total. The monoisotopic (exact) mass is 460 g/mol. The fraction of sp³-hybridized carbons (Fsp3) is 0.100. The van der Waals surface area contributed by atoms with Crippen molar-refractivity contribution in [1.29, 1.82) is 0 Å². The van der Waals surface area contributed by atoms with Gasteiger partial charge in [-0.2, -0.15) is 0 Å². The number of carbonyl (C=O) groups excluding carboxylic acids is 1. The van der Waals surface area contributed by atoms with Crippen LogP contribution in [0.1, 0.15) is 10.6 Å². The van der Waals surface area contributed by atoms with Gasteiger partial charge in [-0.05, 0) is 76.7 Å². The van der Waals surface area contributed by atoms with Gasteiger partial charge in [0.2, 0.25) is 0 Å². The highest BCUT2D eigenvalue weighted by molar-refractivity contribution is 9.10. The second-order valence-corrected chi connectivity index (χ2v) is 6.74. The van der Waals surface area contributed by atoms with E-state index < -0.39 is 5.91 Å². The van der Waals surface area contributed by atoms with Crippen LogP contribution in [-0.4, -0.2) is 24.2 Å². The highest BCUT2D eigenvalue weighted by Crippen LogP contribution is 2.17. The van der Waals surface area contributed by atoms with Gasteiger partial charge < -0.3 is 19.2 Å². The number of para-hydroxylation sites is 1. The summed E-state index contributed by atoms with van der Waals surface area (Å²) in [5, 5.41) is 5.65. The molecule has 0 aliphatic rings. The van der Waals surface area contributed by atoms with Crippen LogP contribution in [0.25, 0.3) is 0 Å². The molecule has 2 aromatic carbocycles. The molecule has 1 heterocycles. The molecule has 0 aliphatic heterocycles. The summed E-state index contributed by atoms with van der Waals surface area (Å²) in [6, 6.07) is 20.0. The standard InChI is InChI=1S/C20H17BrN2O4S/c21-18-11-10-17(27-18)19(24)23-20(28)22-14-6-8-16(9-7-14)26-13-12-25-15-4-2-1-3-5-15/h1-11H,12-13H2,(H2,22,23,24,28). The zero-order valence-corrected chi connectivity index (χ0v) is 17.1. The number of furan rings is 1. The van der Waals surface area contributed by atoms with Crippen molar-refractivity contribution in [1.82, 2.24) is 5.32 Å². The highest BCUT2D eigenvalue weighted by atomic mass is 79.9. The quantitative estimate of drug-likeness (QED) is 0.395. The third-order valence-electron chi connectivity index (χ3n) is 3.50. The lowest BCUT2D eigenvalue weighted by atomic mass is 10.3. The number of carbonyl (C=O) groups is 1. The Balaban J connectivity index is 1.41. The molecule has 0 unspecified atom stereocenters. The molecular weight excluding hydrogens is 444 g/mol. The minimum atomic E-state index is -0.429. The lowest BCUT2D eigenvalue weighted by Crippen LogP contribution is -2.33. The largest absolute Gasteiger partial charge is 0.490 e.